The molecule has 0 aliphatic carbocycles. The van der Waals surface area contributed by atoms with Crippen LogP contribution in [0.4, 0.5) is 5.69 Å². The average molecular weight is 448 g/mol. The second-order valence-corrected chi connectivity index (χ2v) is 8.22. The highest BCUT2D eigenvalue weighted by Gasteiger charge is 2.19. The third-order valence-corrected chi connectivity index (χ3v) is 6.00. The SMILES string of the molecule is Cc1cc(Cl)c(Cl)cc1C(=O)N(C=O)NSc1cccc2c(N(C)C)cccc12. The number of hydrogen-bond donors (Lipinski definition) is 1. The zero-order chi connectivity index (χ0) is 21.1. The lowest BCUT2D eigenvalue weighted by Crippen LogP contribution is -2.38. The number of nitrogens with one attached hydrogen (secondary N) is 1. The largest absolute Gasteiger partial charge is 0.377 e. The van der Waals surface area contributed by atoms with Gasteiger partial charge in [-0.05, 0) is 54.1 Å². The van der Waals surface area contributed by atoms with Gasteiger partial charge in [0.1, 0.15) is 0 Å². The molecule has 0 aliphatic rings. The Balaban J connectivity index is 1.87. The van der Waals surface area contributed by atoms with E-state index in [4.69, 9.17) is 23.2 Å². The fourth-order valence-corrected chi connectivity index (χ4v) is 4.10. The van der Waals surface area contributed by atoms with Gasteiger partial charge in [-0.15, -0.1) is 0 Å². The number of benzene rings is 3. The van der Waals surface area contributed by atoms with Gasteiger partial charge in [-0.3, -0.25) is 9.59 Å². The van der Waals surface area contributed by atoms with Crippen molar-refractivity contribution < 1.29 is 9.59 Å². The van der Waals surface area contributed by atoms with Crippen LogP contribution in [0.1, 0.15) is 15.9 Å². The molecule has 29 heavy (non-hydrogen) atoms. The van der Waals surface area contributed by atoms with Crippen LogP contribution >= 0.6 is 35.1 Å². The maximum Gasteiger partial charge on any atom is 0.275 e. The van der Waals surface area contributed by atoms with Crippen LogP contribution in [0.3, 0.4) is 0 Å². The smallest absolute Gasteiger partial charge is 0.275 e. The van der Waals surface area contributed by atoms with Crippen LogP contribution in [0.25, 0.3) is 10.8 Å². The van der Waals surface area contributed by atoms with Gasteiger partial charge in [0.25, 0.3) is 5.91 Å². The van der Waals surface area contributed by atoms with Gasteiger partial charge in [0.2, 0.25) is 6.41 Å². The zero-order valence-corrected chi connectivity index (χ0v) is 18.4. The normalized spacial score (nSPS) is 10.8. The van der Waals surface area contributed by atoms with Gasteiger partial charge in [0.15, 0.2) is 0 Å². The standard InChI is InChI=1S/C21H19Cl2N3O2S/c1-13-10-17(22)18(23)11-16(13)21(28)26(12-27)24-29-20-9-5-6-14-15(20)7-4-8-19(14)25(2)3/h4-12,24H,1-3H3. The molecule has 150 valence electrons. The maximum atomic E-state index is 12.8. The van der Waals surface area contributed by atoms with Crippen molar-refractivity contribution in [2.75, 3.05) is 19.0 Å². The Morgan fingerprint density at radius 2 is 1.69 bits per heavy atom. The molecule has 0 fully saturated rings. The van der Waals surface area contributed by atoms with Gasteiger partial charge < -0.3 is 4.90 Å². The Morgan fingerprint density at radius 1 is 1.03 bits per heavy atom. The van der Waals surface area contributed by atoms with Crippen LogP contribution in [0.15, 0.2) is 53.4 Å². The number of nitrogens with zero attached hydrogens (tertiary/aromatic N) is 2. The Labute approximate surface area is 183 Å². The topological polar surface area (TPSA) is 52.7 Å². The second kappa shape index (κ2) is 9.05. The van der Waals surface area contributed by atoms with E-state index in [0.29, 0.717) is 22.6 Å². The van der Waals surface area contributed by atoms with Crippen molar-refractivity contribution in [1.29, 1.82) is 0 Å². The molecule has 0 radical (unpaired) electrons. The summed E-state index contributed by atoms with van der Waals surface area (Å²) in [5.74, 6) is -0.516. The Bertz CT molecular complexity index is 1090. The van der Waals surface area contributed by atoms with Crippen molar-refractivity contribution in [3.8, 4) is 0 Å². The van der Waals surface area contributed by atoms with Crippen molar-refractivity contribution >= 4 is 63.9 Å². The number of anilines is 1. The van der Waals surface area contributed by atoms with E-state index in [-0.39, 0.29) is 5.02 Å². The fourth-order valence-electron chi connectivity index (χ4n) is 2.96. The number of carbonyl (C=O) groups excluding carboxylic acids is 2. The molecule has 5 nitrogen and oxygen atoms in total. The maximum absolute atomic E-state index is 12.8. The van der Waals surface area contributed by atoms with Gasteiger partial charge in [-0.2, -0.15) is 4.83 Å². The van der Waals surface area contributed by atoms with Crippen LogP contribution in [0.5, 0.6) is 0 Å². The van der Waals surface area contributed by atoms with Gasteiger partial charge in [0, 0.05) is 35.6 Å². The summed E-state index contributed by atoms with van der Waals surface area (Å²) in [5, 5.41) is 3.60. The third kappa shape index (κ3) is 4.51. The van der Waals surface area contributed by atoms with Crippen molar-refractivity contribution in [1.82, 2.24) is 9.84 Å². The molecule has 0 saturated heterocycles. The molecule has 1 N–H and O–H groups in total. The predicted octanol–water partition coefficient (Wildman–Crippen LogP) is 5.33. The van der Waals surface area contributed by atoms with E-state index in [9.17, 15) is 9.59 Å². The molecule has 0 saturated carbocycles. The average Bonchev–Trinajstić information content (AvgIpc) is 2.70. The molecule has 0 aliphatic heterocycles. The first-order valence-corrected chi connectivity index (χ1v) is 10.3. The number of hydrazine groups is 1. The summed E-state index contributed by atoms with van der Waals surface area (Å²) in [6, 6.07) is 15.0. The zero-order valence-electron chi connectivity index (χ0n) is 16.1. The first kappa shape index (κ1) is 21.5. The highest BCUT2D eigenvalue weighted by atomic mass is 35.5. The second-order valence-electron chi connectivity index (χ2n) is 6.58. The number of hydrogen-bond acceptors (Lipinski definition) is 5. The van der Waals surface area contributed by atoms with Crippen molar-refractivity contribution in [2.24, 2.45) is 0 Å². The van der Waals surface area contributed by atoms with Crippen LogP contribution in [-0.4, -0.2) is 31.4 Å². The lowest BCUT2D eigenvalue weighted by molar-refractivity contribution is -0.116. The number of aryl methyl sites for hydroxylation is 1. The Hall–Kier alpha value is -2.25. The summed E-state index contributed by atoms with van der Waals surface area (Å²) in [4.78, 5) is 30.1. The number of fused-ring (bicyclic) bond motifs is 1. The minimum absolute atomic E-state index is 0.254. The predicted molar refractivity (Wildman–Crippen MR) is 121 cm³/mol. The molecule has 3 rings (SSSR count). The van der Waals surface area contributed by atoms with Crippen molar-refractivity contribution in [2.45, 2.75) is 11.8 Å². The van der Waals surface area contributed by atoms with Gasteiger partial charge in [-0.25, -0.2) is 5.01 Å². The van der Waals surface area contributed by atoms with E-state index in [1.165, 1.54) is 18.0 Å². The van der Waals surface area contributed by atoms with E-state index in [1.54, 1.807) is 13.0 Å². The van der Waals surface area contributed by atoms with Crippen LogP contribution in [0, 0.1) is 6.92 Å². The quantitative estimate of drug-likeness (QED) is 0.314. The first-order valence-electron chi connectivity index (χ1n) is 8.69. The summed E-state index contributed by atoms with van der Waals surface area (Å²) in [5.41, 5.74) is 2.01. The van der Waals surface area contributed by atoms with Crippen LogP contribution in [0.2, 0.25) is 10.0 Å². The minimum atomic E-state index is -0.516. The summed E-state index contributed by atoms with van der Waals surface area (Å²) < 4.78 is 0. The monoisotopic (exact) mass is 447 g/mol. The van der Waals surface area contributed by atoms with Gasteiger partial charge in [-0.1, -0.05) is 47.5 Å². The molecular formula is C21H19Cl2N3O2S. The molecule has 0 spiro atoms. The molecule has 0 bridgehead atoms. The third-order valence-electron chi connectivity index (χ3n) is 4.42. The van der Waals surface area contributed by atoms with E-state index in [0.717, 1.165) is 26.4 Å². The molecular weight excluding hydrogens is 429 g/mol. The highest BCUT2D eigenvalue weighted by molar-refractivity contribution is 7.97. The number of halogens is 2. The molecule has 0 aromatic heterocycles. The summed E-state index contributed by atoms with van der Waals surface area (Å²) >= 11 is 13.2. The molecule has 8 heteroatoms. The molecule has 2 amide bonds. The fraction of sp³-hybridized carbons (Fsp3) is 0.143. The van der Waals surface area contributed by atoms with Crippen molar-refractivity contribution in [3.05, 3.63) is 69.7 Å². The number of carbonyl (C=O) groups is 2. The van der Waals surface area contributed by atoms with E-state index < -0.39 is 5.91 Å². The van der Waals surface area contributed by atoms with E-state index in [2.05, 4.69) is 4.83 Å². The minimum Gasteiger partial charge on any atom is -0.377 e. The lowest BCUT2D eigenvalue weighted by Gasteiger charge is -2.19. The highest BCUT2D eigenvalue weighted by Crippen LogP contribution is 2.32. The summed E-state index contributed by atoms with van der Waals surface area (Å²) in [6.07, 6.45) is 0.438. The van der Waals surface area contributed by atoms with E-state index >= 15 is 0 Å². The van der Waals surface area contributed by atoms with Crippen LogP contribution < -0.4 is 9.73 Å². The van der Waals surface area contributed by atoms with Crippen LogP contribution in [-0.2, 0) is 4.79 Å². The Kier molecular flexibility index (Phi) is 6.70. The Morgan fingerprint density at radius 3 is 2.38 bits per heavy atom. The number of rotatable bonds is 6. The van der Waals surface area contributed by atoms with Gasteiger partial charge >= 0.3 is 0 Å². The molecule has 3 aromatic rings. The molecule has 3 aromatic carbocycles. The lowest BCUT2D eigenvalue weighted by atomic mass is 10.1. The number of imide groups is 1. The van der Waals surface area contributed by atoms with Crippen molar-refractivity contribution in [3.63, 3.8) is 0 Å². The summed E-state index contributed by atoms with van der Waals surface area (Å²) in [7, 11) is 3.97. The van der Waals surface area contributed by atoms with Gasteiger partial charge in [0.05, 0.1) is 10.0 Å². The summed E-state index contributed by atoms with van der Waals surface area (Å²) in [6.45, 7) is 1.74. The molecule has 0 unspecified atom stereocenters. The molecule has 0 heterocycles. The first-order chi connectivity index (χ1) is 13.8. The molecule has 0 atom stereocenters. The van der Waals surface area contributed by atoms with E-state index in [1.807, 2.05) is 55.4 Å². The number of amides is 2.